The summed E-state index contributed by atoms with van der Waals surface area (Å²) in [6.45, 7) is 2.75. The van der Waals surface area contributed by atoms with Crippen molar-refractivity contribution in [1.82, 2.24) is 15.5 Å². The van der Waals surface area contributed by atoms with Gasteiger partial charge in [0.15, 0.2) is 0 Å². The molecule has 1 aromatic carbocycles. The van der Waals surface area contributed by atoms with Gasteiger partial charge in [0.05, 0.1) is 12.6 Å². The number of nitrogens with one attached hydrogen (secondary N) is 1. The van der Waals surface area contributed by atoms with Gasteiger partial charge in [0.2, 0.25) is 17.6 Å². The van der Waals surface area contributed by atoms with Gasteiger partial charge in [-0.15, -0.1) is 12.4 Å². The number of halogens is 1. The fourth-order valence-corrected chi connectivity index (χ4v) is 2.66. The second-order valence-corrected chi connectivity index (χ2v) is 6.15. The lowest BCUT2D eigenvalue weighted by molar-refractivity contribution is -0.130. The fourth-order valence-electron chi connectivity index (χ4n) is 2.66. The Morgan fingerprint density at radius 1 is 1.38 bits per heavy atom. The van der Waals surface area contributed by atoms with Gasteiger partial charge in [0.25, 0.3) is 0 Å². The smallest absolute Gasteiger partial charge is 0.249 e. The zero-order valence-electron chi connectivity index (χ0n) is 14.7. The van der Waals surface area contributed by atoms with E-state index in [4.69, 9.17) is 19.7 Å². The van der Waals surface area contributed by atoms with Crippen LogP contribution >= 0.6 is 12.4 Å². The minimum absolute atomic E-state index is 0. The Bertz CT molecular complexity index is 746. The van der Waals surface area contributed by atoms with Crippen LogP contribution in [-0.2, 0) is 9.53 Å². The number of aromatic nitrogens is 2. The van der Waals surface area contributed by atoms with E-state index in [-0.39, 0.29) is 18.3 Å². The van der Waals surface area contributed by atoms with Crippen LogP contribution in [0.3, 0.4) is 0 Å². The van der Waals surface area contributed by atoms with E-state index in [2.05, 4.69) is 15.5 Å². The number of carbonyl (C=O) groups excluding carboxylic acids is 1. The van der Waals surface area contributed by atoms with Crippen LogP contribution < -0.4 is 15.8 Å². The van der Waals surface area contributed by atoms with Crippen molar-refractivity contribution in [2.24, 2.45) is 5.73 Å². The SMILES string of the molecule is COc1cccc(-c2noc(C(C)NC(=O)C3(N)CCOCC3)n2)c1.Cl. The van der Waals surface area contributed by atoms with Gasteiger partial charge >= 0.3 is 0 Å². The van der Waals surface area contributed by atoms with E-state index in [0.29, 0.717) is 43.5 Å². The molecule has 3 N–H and O–H groups in total. The maximum Gasteiger partial charge on any atom is 0.249 e. The van der Waals surface area contributed by atoms with Crippen molar-refractivity contribution in [3.63, 3.8) is 0 Å². The average molecular weight is 383 g/mol. The number of nitrogens with two attached hydrogens (primary N) is 1. The summed E-state index contributed by atoms with van der Waals surface area (Å²) in [7, 11) is 1.59. The van der Waals surface area contributed by atoms with Crippen molar-refractivity contribution in [2.45, 2.75) is 31.3 Å². The molecule has 1 aliphatic heterocycles. The molecule has 1 atom stereocenters. The van der Waals surface area contributed by atoms with Gasteiger partial charge in [-0.1, -0.05) is 17.3 Å². The van der Waals surface area contributed by atoms with E-state index >= 15 is 0 Å². The molecule has 1 fully saturated rings. The number of amides is 1. The van der Waals surface area contributed by atoms with E-state index in [1.807, 2.05) is 24.3 Å². The number of carbonyl (C=O) groups is 1. The number of methoxy groups -OCH3 is 1. The van der Waals surface area contributed by atoms with Gasteiger partial charge in [0, 0.05) is 18.8 Å². The Labute approximate surface area is 157 Å². The van der Waals surface area contributed by atoms with Gasteiger partial charge in [-0.2, -0.15) is 4.98 Å². The third-order valence-corrected chi connectivity index (χ3v) is 4.32. The molecule has 1 aromatic heterocycles. The molecular formula is C17H23ClN4O4. The van der Waals surface area contributed by atoms with Crippen LogP contribution in [0, 0.1) is 0 Å². The van der Waals surface area contributed by atoms with Gasteiger partial charge in [-0.25, -0.2) is 0 Å². The Morgan fingerprint density at radius 3 is 2.81 bits per heavy atom. The summed E-state index contributed by atoms with van der Waals surface area (Å²) in [5.41, 5.74) is 6.04. The van der Waals surface area contributed by atoms with Gasteiger partial charge in [-0.3, -0.25) is 4.79 Å². The molecule has 3 rings (SSSR count). The number of rotatable bonds is 5. The summed E-state index contributed by atoms with van der Waals surface area (Å²) < 4.78 is 15.8. The Balaban J connectivity index is 0.00000243. The minimum atomic E-state index is -0.915. The number of nitrogens with zero attached hydrogens (tertiary/aromatic N) is 2. The highest BCUT2D eigenvalue weighted by molar-refractivity contribution is 5.86. The van der Waals surface area contributed by atoms with Crippen molar-refractivity contribution >= 4 is 18.3 Å². The van der Waals surface area contributed by atoms with Crippen LogP contribution in [0.25, 0.3) is 11.4 Å². The first kappa shape index (κ1) is 20.2. The van der Waals surface area contributed by atoms with Gasteiger partial charge < -0.3 is 25.0 Å². The predicted molar refractivity (Wildman–Crippen MR) is 97.1 cm³/mol. The maximum absolute atomic E-state index is 12.5. The molecule has 0 bridgehead atoms. The molecule has 1 amide bonds. The summed E-state index contributed by atoms with van der Waals surface area (Å²) in [5.74, 6) is 1.23. The van der Waals surface area contributed by atoms with E-state index in [0.717, 1.165) is 5.56 Å². The largest absolute Gasteiger partial charge is 0.497 e. The third kappa shape index (κ3) is 4.32. The van der Waals surface area contributed by atoms with Crippen molar-refractivity contribution < 1.29 is 18.8 Å². The summed E-state index contributed by atoms with van der Waals surface area (Å²) in [6, 6.07) is 6.91. The molecule has 9 heteroatoms. The van der Waals surface area contributed by atoms with Crippen LogP contribution in [0.5, 0.6) is 5.75 Å². The summed E-state index contributed by atoms with van der Waals surface area (Å²) >= 11 is 0. The van der Waals surface area contributed by atoms with Crippen molar-refractivity contribution in [3.8, 4) is 17.1 Å². The normalized spacial score (nSPS) is 17.0. The standard InChI is InChI=1S/C17H22N4O4.ClH/c1-11(19-16(22)17(18)6-8-24-9-7-17)15-20-14(21-25-15)12-4-3-5-13(10-12)23-2;/h3-5,10-11H,6-9,18H2,1-2H3,(H,19,22);1H. The number of ether oxygens (including phenoxy) is 2. The fraction of sp³-hybridized carbons (Fsp3) is 0.471. The zero-order valence-corrected chi connectivity index (χ0v) is 15.5. The van der Waals surface area contributed by atoms with E-state index in [1.165, 1.54) is 0 Å². The lowest BCUT2D eigenvalue weighted by Gasteiger charge is -2.32. The summed E-state index contributed by atoms with van der Waals surface area (Å²) in [5, 5.41) is 6.83. The molecule has 0 spiro atoms. The molecule has 2 aromatic rings. The second-order valence-electron chi connectivity index (χ2n) is 6.15. The van der Waals surface area contributed by atoms with Crippen LogP contribution in [0.2, 0.25) is 0 Å². The molecule has 1 aliphatic rings. The quantitative estimate of drug-likeness (QED) is 0.811. The van der Waals surface area contributed by atoms with Crippen LogP contribution in [0.1, 0.15) is 31.7 Å². The molecule has 0 aliphatic carbocycles. The summed E-state index contributed by atoms with van der Waals surface area (Å²) in [6.07, 6.45) is 0.981. The summed E-state index contributed by atoms with van der Waals surface area (Å²) in [4.78, 5) is 16.8. The highest BCUT2D eigenvalue weighted by atomic mass is 35.5. The topological polar surface area (TPSA) is 113 Å². The van der Waals surface area contributed by atoms with E-state index < -0.39 is 11.6 Å². The van der Waals surface area contributed by atoms with Crippen molar-refractivity contribution in [3.05, 3.63) is 30.2 Å². The first-order valence-electron chi connectivity index (χ1n) is 8.17. The zero-order chi connectivity index (χ0) is 17.9. The Hall–Kier alpha value is -2.16. The van der Waals surface area contributed by atoms with Crippen molar-refractivity contribution in [1.29, 1.82) is 0 Å². The predicted octanol–water partition coefficient (Wildman–Crippen LogP) is 1.85. The van der Waals surface area contributed by atoms with Crippen LogP contribution in [-0.4, -0.2) is 41.9 Å². The van der Waals surface area contributed by atoms with Crippen LogP contribution in [0.15, 0.2) is 28.8 Å². The lowest BCUT2D eigenvalue weighted by Crippen LogP contribution is -2.57. The van der Waals surface area contributed by atoms with E-state index in [9.17, 15) is 4.79 Å². The Kier molecular flexibility index (Phi) is 6.57. The Morgan fingerprint density at radius 2 is 2.12 bits per heavy atom. The molecular weight excluding hydrogens is 360 g/mol. The third-order valence-electron chi connectivity index (χ3n) is 4.32. The molecule has 1 unspecified atom stereocenters. The first-order valence-corrected chi connectivity index (χ1v) is 8.17. The van der Waals surface area contributed by atoms with Gasteiger partial charge in [0.1, 0.15) is 11.8 Å². The maximum atomic E-state index is 12.5. The molecule has 8 nitrogen and oxygen atoms in total. The molecule has 1 saturated heterocycles. The number of benzene rings is 1. The highest BCUT2D eigenvalue weighted by Gasteiger charge is 2.37. The lowest BCUT2D eigenvalue weighted by atomic mass is 9.90. The van der Waals surface area contributed by atoms with E-state index in [1.54, 1.807) is 14.0 Å². The highest BCUT2D eigenvalue weighted by Crippen LogP contribution is 2.24. The molecule has 26 heavy (non-hydrogen) atoms. The molecule has 2 heterocycles. The monoisotopic (exact) mass is 382 g/mol. The average Bonchev–Trinajstić information content (AvgIpc) is 3.12. The van der Waals surface area contributed by atoms with Gasteiger partial charge in [-0.05, 0) is 31.9 Å². The van der Waals surface area contributed by atoms with Crippen molar-refractivity contribution in [2.75, 3.05) is 20.3 Å². The molecule has 0 saturated carbocycles. The number of hydrogen-bond acceptors (Lipinski definition) is 7. The number of hydrogen-bond donors (Lipinski definition) is 2. The molecule has 0 radical (unpaired) electrons. The molecule has 142 valence electrons. The van der Waals surface area contributed by atoms with Crippen LogP contribution in [0.4, 0.5) is 0 Å². The first-order chi connectivity index (χ1) is 12.0. The minimum Gasteiger partial charge on any atom is -0.497 e. The second kappa shape index (κ2) is 8.48.